The summed E-state index contributed by atoms with van der Waals surface area (Å²) in [6.45, 7) is 6.93. The van der Waals surface area contributed by atoms with E-state index in [2.05, 4.69) is 13.8 Å². The highest BCUT2D eigenvalue weighted by atomic mass is 35.5. The molecule has 9 heteroatoms. The Morgan fingerprint density at radius 1 is 1.42 bits per heavy atom. The molecule has 6 nitrogen and oxygen atoms in total. The van der Waals surface area contributed by atoms with Crippen LogP contribution in [0.25, 0.3) is 0 Å². The van der Waals surface area contributed by atoms with Crippen molar-refractivity contribution in [3.05, 3.63) is 17.0 Å². The highest BCUT2D eigenvalue weighted by molar-refractivity contribution is 7.91. The molecule has 0 radical (unpaired) electrons. The molecule has 0 aliphatic carbocycles. The summed E-state index contributed by atoms with van der Waals surface area (Å²) in [5.41, 5.74) is 6.05. The number of aryl methyl sites for hydroxylation is 1. The lowest BCUT2D eigenvalue weighted by atomic mass is 10.0. The van der Waals surface area contributed by atoms with E-state index in [4.69, 9.17) is 5.73 Å². The zero-order valence-electron chi connectivity index (χ0n) is 15.8. The number of hydrogen-bond donors (Lipinski definition) is 1. The molecule has 1 amide bonds. The van der Waals surface area contributed by atoms with E-state index in [-0.39, 0.29) is 24.4 Å². The SMILES string of the molecule is Cc1ccc(S(=O)(=O)N2CCCC2C(=O)N(C)CCC(N)C(C)C)s1.Cl. The number of thiophene rings is 1. The van der Waals surface area contributed by atoms with Gasteiger partial charge in [0.15, 0.2) is 0 Å². The minimum atomic E-state index is -3.61. The summed E-state index contributed by atoms with van der Waals surface area (Å²) in [7, 11) is -1.88. The molecule has 0 aromatic carbocycles. The van der Waals surface area contributed by atoms with Gasteiger partial charge in [-0.2, -0.15) is 4.31 Å². The van der Waals surface area contributed by atoms with Crippen molar-refractivity contribution in [3.63, 3.8) is 0 Å². The molecule has 1 fully saturated rings. The van der Waals surface area contributed by atoms with Gasteiger partial charge in [0.2, 0.25) is 5.91 Å². The molecular formula is C17H30ClN3O3S2. The van der Waals surface area contributed by atoms with Gasteiger partial charge in [0, 0.05) is 31.1 Å². The van der Waals surface area contributed by atoms with E-state index in [0.717, 1.165) is 4.88 Å². The summed E-state index contributed by atoms with van der Waals surface area (Å²) in [5.74, 6) is 0.222. The number of amides is 1. The molecule has 1 saturated heterocycles. The third kappa shape index (κ3) is 5.19. The summed E-state index contributed by atoms with van der Waals surface area (Å²) in [4.78, 5) is 15.4. The van der Waals surface area contributed by atoms with Crippen molar-refractivity contribution in [2.45, 2.75) is 56.3 Å². The summed E-state index contributed by atoms with van der Waals surface area (Å²) in [5, 5.41) is 0. The van der Waals surface area contributed by atoms with E-state index in [1.54, 1.807) is 24.1 Å². The second-order valence-electron chi connectivity index (χ2n) is 7.10. The van der Waals surface area contributed by atoms with Crippen LogP contribution in [0.2, 0.25) is 0 Å². The van der Waals surface area contributed by atoms with Crippen molar-refractivity contribution < 1.29 is 13.2 Å². The second-order valence-corrected chi connectivity index (χ2v) is 10.5. The van der Waals surface area contributed by atoms with Gasteiger partial charge in [-0.3, -0.25) is 4.79 Å². The summed E-state index contributed by atoms with van der Waals surface area (Å²) < 4.78 is 27.5. The Kier molecular flexibility index (Phi) is 8.54. The molecule has 1 aliphatic heterocycles. The molecule has 2 atom stereocenters. The average Bonchev–Trinajstić information content (AvgIpc) is 3.20. The fourth-order valence-corrected chi connectivity index (χ4v) is 6.05. The molecule has 2 unspecified atom stereocenters. The fraction of sp³-hybridized carbons (Fsp3) is 0.706. The summed E-state index contributed by atoms with van der Waals surface area (Å²) in [6, 6.07) is 2.85. The lowest BCUT2D eigenvalue weighted by Crippen LogP contribution is -2.47. The van der Waals surface area contributed by atoms with Gasteiger partial charge in [0.05, 0.1) is 0 Å². The largest absolute Gasteiger partial charge is 0.344 e. The minimum Gasteiger partial charge on any atom is -0.344 e. The number of nitrogens with two attached hydrogens (primary N) is 1. The Balaban J connectivity index is 0.00000338. The Labute approximate surface area is 167 Å². The van der Waals surface area contributed by atoms with Crippen LogP contribution >= 0.6 is 23.7 Å². The molecular weight excluding hydrogens is 394 g/mol. The van der Waals surface area contributed by atoms with Crippen molar-refractivity contribution in [3.8, 4) is 0 Å². The van der Waals surface area contributed by atoms with Crippen LogP contribution in [0.5, 0.6) is 0 Å². The number of sulfonamides is 1. The Morgan fingerprint density at radius 3 is 2.62 bits per heavy atom. The molecule has 1 aliphatic rings. The Bertz CT molecular complexity index is 706. The molecule has 0 bridgehead atoms. The summed E-state index contributed by atoms with van der Waals surface area (Å²) in [6.07, 6.45) is 1.99. The number of carbonyl (C=O) groups excluding carboxylic acids is 1. The molecule has 2 heterocycles. The third-order valence-corrected chi connectivity index (χ3v) is 8.17. The molecule has 2 N–H and O–H groups in total. The van der Waals surface area contributed by atoms with E-state index >= 15 is 0 Å². The van der Waals surface area contributed by atoms with E-state index in [0.29, 0.717) is 42.5 Å². The second kappa shape index (κ2) is 9.50. The predicted octanol–water partition coefficient (Wildman–Crippen LogP) is 2.46. The van der Waals surface area contributed by atoms with Gasteiger partial charge in [-0.25, -0.2) is 8.42 Å². The summed E-state index contributed by atoms with van der Waals surface area (Å²) >= 11 is 1.25. The maximum atomic E-state index is 12.9. The van der Waals surface area contributed by atoms with Crippen molar-refractivity contribution in [1.82, 2.24) is 9.21 Å². The van der Waals surface area contributed by atoms with Crippen molar-refractivity contribution in [2.24, 2.45) is 11.7 Å². The van der Waals surface area contributed by atoms with Crippen LogP contribution in [0, 0.1) is 12.8 Å². The van der Waals surface area contributed by atoms with Crippen LogP contribution in [0.4, 0.5) is 0 Å². The number of rotatable bonds is 7. The lowest BCUT2D eigenvalue weighted by molar-refractivity contribution is -0.133. The lowest BCUT2D eigenvalue weighted by Gasteiger charge is -2.28. The van der Waals surface area contributed by atoms with E-state index < -0.39 is 16.1 Å². The van der Waals surface area contributed by atoms with Crippen LogP contribution < -0.4 is 5.73 Å². The minimum absolute atomic E-state index is 0. The fourth-order valence-electron chi connectivity index (χ4n) is 2.98. The Morgan fingerprint density at radius 2 is 2.08 bits per heavy atom. The zero-order chi connectivity index (χ0) is 18.8. The highest BCUT2D eigenvalue weighted by Gasteiger charge is 2.41. The quantitative estimate of drug-likeness (QED) is 0.730. The van der Waals surface area contributed by atoms with Crippen LogP contribution in [0.1, 0.15) is 38.0 Å². The number of likely N-dealkylation sites (N-methyl/N-ethyl adjacent to an activating group) is 1. The van der Waals surface area contributed by atoms with Crippen molar-refractivity contribution >= 4 is 39.7 Å². The number of halogens is 1. The van der Waals surface area contributed by atoms with Gasteiger partial charge in [0.25, 0.3) is 10.0 Å². The highest BCUT2D eigenvalue weighted by Crippen LogP contribution is 2.30. The molecule has 1 aromatic rings. The van der Waals surface area contributed by atoms with Gasteiger partial charge in [0.1, 0.15) is 10.3 Å². The van der Waals surface area contributed by atoms with E-state index in [9.17, 15) is 13.2 Å². The predicted molar refractivity (Wildman–Crippen MR) is 108 cm³/mol. The molecule has 1 aromatic heterocycles. The van der Waals surface area contributed by atoms with Gasteiger partial charge in [-0.15, -0.1) is 23.7 Å². The number of hydrogen-bond acceptors (Lipinski definition) is 5. The van der Waals surface area contributed by atoms with Gasteiger partial charge >= 0.3 is 0 Å². The maximum Gasteiger partial charge on any atom is 0.253 e. The molecule has 2 rings (SSSR count). The van der Waals surface area contributed by atoms with Crippen LogP contribution in [0.15, 0.2) is 16.3 Å². The first kappa shape index (κ1) is 23.4. The van der Waals surface area contributed by atoms with Crippen LogP contribution in [0.3, 0.4) is 0 Å². The first-order valence-corrected chi connectivity index (χ1v) is 11.0. The van der Waals surface area contributed by atoms with Crippen LogP contribution in [-0.4, -0.2) is 55.8 Å². The number of carbonyl (C=O) groups is 1. The smallest absolute Gasteiger partial charge is 0.253 e. The normalized spacial score (nSPS) is 19.4. The number of nitrogens with zero attached hydrogens (tertiary/aromatic N) is 2. The zero-order valence-corrected chi connectivity index (χ0v) is 18.3. The molecule has 0 saturated carbocycles. The third-order valence-electron chi connectivity index (χ3n) is 4.80. The van der Waals surface area contributed by atoms with Crippen molar-refractivity contribution in [2.75, 3.05) is 20.1 Å². The van der Waals surface area contributed by atoms with Crippen LogP contribution in [-0.2, 0) is 14.8 Å². The van der Waals surface area contributed by atoms with Gasteiger partial charge in [-0.1, -0.05) is 13.8 Å². The molecule has 0 spiro atoms. The van der Waals surface area contributed by atoms with E-state index in [1.165, 1.54) is 15.6 Å². The first-order chi connectivity index (χ1) is 11.6. The topological polar surface area (TPSA) is 83.7 Å². The molecule has 150 valence electrons. The van der Waals surface area contributed by atoms with E-state index in [1.807, 2.05) is 6.92 Å². The monoisotopic (exact) mass is 423 g/mol. The van der Waals surface area contributed by atoms with Gasteiger partial charge < -0.3 is 10.6 Å². The van der Waals surface area contributed by atoms with Gasteiger partial charge in [-0.05, 0) is 44.2 Å². The average molecular weight is 424 g/mol. The Hall–Kier alpha value is -0.670. The van der Waals surface area contributed by atoms with Crippen molar-refractivity contribution in [1.29, 1.82) is 0 Å². The molecule has 26 heavy (non-hydrogen) atoms. The standard InChI is InChI=1S/C17H29N3O3S2.ClH/c1-12(2)14(18)9-11-19(4)17(21)15-6-5-10-20(15)25(22,23)16-8-7-13(3)24-16;/h7-8,12,14-15H,5-6,9-11,18H2,1-4H3;1H. The first-order valence-electron chi connectivity index (χ1n) is 8.73. The maximum absolute atomic E-state index is 12.9.